The Labute approximate surface area is 277 Å². The first-order valence-electron chi connectivity index (χ1n) is 13.5. The van der Waals surface area contributed by atoms with Crippen LogP contribution in [0.5, 0.6) is 0 Å². The molecule has 0 atom stereocenters. The van der Waals surface area contributed by atoms with Crippen LogP contribution in [0.2, 0.25) is 0 Å². The molecule has 4 amide bonds. The zero-order valence-electron chi connectivity index (χ0n) is 26.5. The molecular weight excluding hydrogens is 740 g/mol. The first-order valence-corrected chi connectivity index (χ1v) is 17.6. The van der Waals surface area contributed by atoms with Crippen molar-refractivity contribution in [1.29, 1.82) is 0 Å². The molecule has 0 bridgehead atoms. The van der Waals surface area contributed by atoms with E-state index >= 15 is 0 Å². The number of halogens is 4. The van der Waals surface area contributed by atoms with Crippen LogP contribution in [-0.2, 0) is 17.5 Å². The number of rotatable bonds is 5. The molecule has 1 heterocycles. The summed E-state index contributed by atoms with van der Waals surface area (Å²) in [6.07, 6.45) is -4.98. The quantitative estimate of drug-likeness (QED) is 0.158. The van der Waals surface area contributed by atoms with Crippen LogP contribution in [0.4, 0.5) is 24.5 Å². The van der Waals surface area contributed by atoms with Crippen molar-refractivity contribution in [2.45, 2.75) is 20.2 Å². The number of hydrogen-bond acceptors (Lipinski definition) is 8. The van der Waals surface area contributed by atoms with Crippen LogP contribution in [0.15, 0.2) is 72.8 Å². The van der Waals surface area contributed by atoms with E-state index in [1.807, 2.05) is 29.2 Å². The molecule has 0 aliphatic carbocycles. The van der Waals surface area contributed by atoms with E-state index in [9.17, 15) is 42.4 Å². The molecule has 1 aliphatic heterocycles. The number of fused-ring (bicyclic) bond motifs is 1. The summed E-state index contributed by atoms with van der Waals surface area (Å²) in [5.74, 6) is -1.98. The van der Waals surface area contributed by atoms with Crippen LogP contribution in [0.3, 0.4) is 0 Å². The Morgan fingerprint density at radius 2 is 1.19 bits per heavy atom. The van der Waals surface area contributed by atoms with Crippen LogP contribution in [0.25, 0.3) is 0 Å². The van der Waals surface area contributed by atoms with Crippen LogP contribution < -0.4 is 10.1 Å². The molecule has 0 aromatic heterocycles. The van der Waals surface area contributed by atoms with E-state index in [4.69, 9.17) is 3.07 Å². The van der Waals surface area contributed by atoms with Gasteiger partial charge in [0.25, 0.3) is 11.8 Å². The molecule has 3 aromatic rings. The molecule has 0 radical (unpaired) electrons. The number of amides is 4. The molecular formula is C31H34F3IN4O8. The molecule has 3 aromatic carbocycles. The Hall–Kier alpha value is -4.55. The SMILES string of the molecule is CC(=O)N(O)c1ccc(C(=O)N(C)C)cc1.CC(=O)N(OC(F)(F)F)c1ccc(C(=O)N(C)C)cc1.CI1OC(=O)c2ccccc21. The van der Waals surface area contributed by atoms with Gasteiger partial charge in [0.1, 0.15) is 0 Å². The Morgan fingerprint density at radius 3 is 1.57 bits per heavy atom. The second-order valence-electron chi connectivity index (χ2n) is 9.94. The third kappa shape index (κ3) is 11.3. The molecule has 1 N–H and O–H groups in total. The van der Waals surface area contributed by atoms with Crippen molar-refractivity contribution < 1.29 is 50.3 Å². The molecule has 254 valence electrons. The maximum atomic E-state index is 12.2. The van der Waals surface area contributed by atoms with Crippen molar-refractivity contribution in [3.8, 4) is 0 Å². The van der Waals surface area contributed by atoms with Crippen molar-refractivity contribution >= 4 is 61.2 Å². The second-order valence-corrected chi connectivity index (χ2v) is 13.9. The molecule has 1 aliphatic rings. The molecule has 12 nitrogen and oxygen atoms in total. The zero-order chi connectivity index (χ0) is 35.6. The standard InChI is InChI=1S/C12H13F3N2O3.C11H14N2O3.C8H7IO2/c1-8(18)17(20-12(13,14)15)10-6-4-9(5-7-10)11(19)16(2)3;1-8(14)13(16)10-6-4-9(5-7-10)11(15)12(2)3;1-9-7-5-3-2-4-6(7)8(10)11-9/h4-7H,1-3H3;4-7,16H,1-3H3;2-5H,1H3. The number of nitrogens with zero attached hydrogens (tertiary/aromatic N) is 4. The van der Waals surface area contributed by atoms with Crippen molar-refractivity contribution in [2.75, 3.05) is 43.2 Å². The van der Waals surface area contributed by atoms with E-state index in [2.05, 4.69) is 4.84 Å². The number of benzene rings is 3. The van der Waals surface area contributed by atoms with E-state index < -0.39 is 38.4 Å². The average Bonchev–Trinajstić information content (AvgIpc) is 3.31. The summed E-state index contributed by atoms with van der Waals surface area (Å²) in [6.45, 7) is 2.18. The summed E-state index contributed by atoms with van der Waals surface area (Å²) in [5, 5.41) is 9.97. The second kappa shape index (κ2) is 16.8. The summed E-state index contributed by atoms with van der Waals surface area (Å²) in [5.41, 5.74) is 1.79. The molecule has 4 rings (SSSR count). The van der Waals surface area contributed by atoms with Crippen LogP contribution in [-0.4, -0.2) is 84.1 Å². The summed E-state index contributed by atoms with van der Waals surface area (Å²) in [7, 11) is 6.41. The van der Waals surface area contributed by atoms with Crippen molar-refractivity contribution in [2.24, 2.45) is 0 Å². The summed E-state index contributed by atoms with van der Waals surface area (Å²) >= 11 is -1.52. The minimum absolute atomic E-state index is 0.115. The molecule has 0 saturated heterocycles. The van der Waals surface area contributed by atoms with Crippen LogP contribution in [0.1, 0.15) is 44.9 Å². The first kappa shape index (κ1) is 38.6. The number of hydrogen-bond donors (Lipinski definition) is 1. The third-order valence-corrected chi connectivity index (χ3v) is 9.50. The van der Waals surface area contributed by atoms with E-state index in [0.717, 1.165) is 16.1 Å². The Kier molecular flexibility index (Phi) is 13.8. The monoisotopic (exact) mass is 774 g/mol. The molecule has 0 fully saturated rings. The van der Waals surface area contributed by atoms with Crippen molar-refractivity contribution in [3.05, 3.63) is 93.1 Å². The Bertz CT molecular complexity index is 1580. The Morgan fingerprint density at radius 1 is 0.745 bits per heavy atom. The number of carbonyl (C=O) groups excluding carboxylic acids is 5. The van der Waals surface area contributed by atoms with Gasteiger partial charge in [0.05, 0.1) is 11.4 Å². The fourth-order valence-corrected chi connectivity index (χ4v) is 6.64. The minimum atomic E-state index is -4.98. The van der Waals surface area contributed by atoms with Gasteiger partial charge in [-0.1, -0.05) is 0 Å². The van der Waals surface area contributed by atoms with Gasteiger partial charge in [-0.15, -0.1) is 13.2 Å². The van der Waals surface area contributed by atoms with E-state index in [0.29, 0.717) is 16.3 Å². The average molecular weight is 775 g/mol. The van der Waals surface area contributed by atoms with Crippen molar-refractivity contribution in [1.82, 2.24) is 9.80 Å². The van der Waals surface area contributed by atoms with Gasteiger partial charge in [0.15, 0.2) is 0 Å². The Balaban J connectivity index is 0.000000254. The van der Waals surface area contributed by atoms with E-state index in [1.165, 1.54) is 53.1 Å². The fraction of sp³-hybridized carbons (Fsp3) is 0.258. The zero-order valence-corrected chi connectivity index (χ0v) is 28.7. The summed E-state index contributed by atoms with van der Waals surface area (Å²) in [4.78, 5) is 64.7. The number of alkyl halides is 4. The van der Waals surface area contributed by atoms with Gasteiger partial charge in [0.2, 0.25) is 11.8 Å². The predicted octanol–water partition coefficient (Wildman–Crippen LogP) is 5.40. The van der Waals surface area contributed by atoms with Gasteiger partial charge in [-0.2, -0.15) is 15.0 Å². The van der Waals surface area contributed by atoms with E-state index in [1.54, 1.807) is 40.3 Å². The van der Waals surface area contributed by atoms with Crippen LogP contribution in [0, 0.1) is 3.57 Å². The number of carbonyl (C=O) groups is 5. The van der Waals surface area contributed by atoms with Gasteiger partial charge >= 0.3 is 78.8 Å². The van der Waals surface area contributed by atoms with E-state index in [-0.39, 0.29) is 34.1 Å². The van der Waals surface area contributed by atoms with Crippen molar-refractivity contribution in [3.63, 3.8) is 0 Å². The summed E-state index contributed by atoms with van der Waals surface area (Å²) in [6, 6.07) is 18.8. The molecule has 47 heavy (non-hydrogen) atoms. The van der Waals surface area contributed by atoms with Gasteiger partial charge in [0, 0.05) is 53.2 Å². The predicted molar refractivity (Wildman–Crippen MR) is 175 cm³/mol. The third-order valence-electron chi connectivity index (χ3n) is 5.87. The first-order chi connectivity index (χ1) is 21.8. The number of hydroxylamine groups is 2. The number of anilines is 2. The summed E-state index contributed by atoms with van der Waals surface area (Å²) < 4.78 is 42.9. The van der Waals surface area contributed by atoms with Gasteiger partial charge in [-0.05, 0) is 48.5 Å². The van der Waals surface area contributed by atoms with Gasteiger partial charge in [-0.3, -0.25) is 24.4 Å². The topological polar surface area (TPSA) is 137 Å². The normalized spacial score (nSPS) is 12.2. The van der Waals surface area contributed by atoms with Gasteiger partial charge in [-0.25, -0.2) is 0 Å². The molecule has 0 saturated carbocycles. The fourth-order valence-electron chi connectivity index (χ4n) is 3.63. The molecule has 0 unspecified atom stereocenters. The molecule has 16 heteroatoms. The molecule has 0 spiro atoms. The van der Waals surface area contributed by atoms with Crippen LogP contribution >= 0.6 is 20.2 Å². The van der Waals surface area contributed by atoms with Gasteiger partial charge < -0.3 is 9.80 Å². The maximum absolute atomic E-state index is 12.2.